The highest BCUT2D eigenvalue weighted by atomic mass is 32.1. The lowest BCUT2D eigenvalue weighted by Gasteiger charge is -2.09. The zero-order valence-corrected chi connectivity index (χ0v) is 16.1. The Morgan fingerprint density at radius 3 is 2.32 bits per heavy atom. The number of methoxy groups -OCH3 is 1. The molecule has 6 heteroatoms. The summed E-state index contributed by atoms with van der Waals surface area (Å²) in [6.45, 7) is 0.762. The Kier molecular flexibility index (Phi) is 6.70. The number of ether oxygens (including phenoxy) is 3. The van der Waals surface area contributed by atoms with Gasteiger partial charge in [0.25, 0.3) is 0 Å². The normalized spacial score (nSPS) is 11.1. The van der Waals surface area contributed by atoms with E-state index in [1.807, 2.05) is 60.0 Å². The van der Waals surface area contributed by atoms with Crippen LogP contribution in [0.2, 0.25) is 0 Å². The van der Waals surface area contributed by atoms with Crippen LogP contribution in [0.25, 0.3) is 11.6 Å². The summed E-state index contributed by atoms with van der Waals surface area (Å²) in [4.78, 5) is 12.3. The second-order valence-electron chi connectivity index (χ2n) is 5.79. The monoisotopic (exact) mass is 396 g/mol. The van der Waals surface area contributed by atoms with E-state index in [2.05, 4.69) is 0 Å². The van der Waals surface area contributed by atoms with E-state index in [0.717, 1.165) is 17.1 Å². The molecule has 1 aromatic heterocycles. The van der Waals surface area contributed by atoms with E-state index >= 15 is 0 Å². The van der Waals surface area contributed by atoms with Crippen LogP contribution in [0.4, 0.5) is 0 Å². The number of carbonyl (C=O) groups is 1. The van der Waals surface area contributed by atoms with Gasteiger partial charge in [0.15, 0.2) is 0 Å². The fourth-order valence-electron chi connectivity index (χ4n) is 2.52. The molecular formula is C22H20O5S. The lowest BCUT2D eigenvalue weighted by molar-refractivity contribution is -0.130. The molecule has 28 heavy (non-hydrogen) atoms. The second kappa shape index (κ2) is 9.62. The van der Waals surface area contributed by atoms with Gasteiger partial charge < -0.3 is 19.3 Å². The van der Waals surface area contributed by atoms with Crippen molar-refractivity contribution in [3.05, 3.63) is 76.5 Å². The van der Waals surface area contributed by atoms with Gasteiger partial charge in [-0.3, -0.25) is 0 Å². The molecule has 3 aromatic rings. The maximum absolute atomic E-state index is 11.6. The molecule has 0 saturated heterocycles. The average Bonchev–Trinajstić information content (AvgIpc) is 3.24. The molecule has 0 unspecified atom stereocenters. The number of hydrogen-bond acceptors (Lipinski definition) is 5. The van der Waals surface area contributed by atoms with Crippen molar-refractivity contribution in [2.45, 2.75) is 0 Å². The summed E-state index contributed by atoms with van der Waals surface area (Å²) < 4.78 is 16.5. The minimum atomic E-state index is -0.957. The maximum Gasteiger partial charge on any atom is 0.337 e. The van der Waals surface area contributed by atoms with Crippen LogP contribution < -0.4 is 14.2 Å². The van der Waals surface area contributed by atoms with Crippen molar-refractivity contribution >= 4 is 29.0 Å². The number of rotatable bonds is 9. The predicted octanol–water partition coefficient (Wildman–Crippen LogP) is 4.84. The molecule has 5 nitrogen and oxygen atoms in total. The largest absolute Gasteiger partial charge is 0.497 e. The van der Waals surface area contributed by atoms with Gasteiger partial charge >= 0.3 is 5.97 Å². The van der Waals surface area contributed by atoms with Gasteiger partial charge in [-0.05, 0) is 59.5 Å². The van der Waals surface area contributed by atoms with Gasteiger partial charge in [0, 0.05) is 4.88 Å². The van der Waals surface area contributed by atoms with E-state index in [4.69, 9.17) is 14.2 Å². The topological polar surface area (TPSA) is 65.0 Å². The van der Waals surface area contributed by atoms with Gasteiger partial charge in [-0.2, -0.15) is 0 Å². The summed E-state index contributed by atoms with van der Waals surface area (Å²) in [5.74, 6) is 1.21. The van der Waals surface area contributed by atoms with Crippen molar-refractivity contribution in [1.29, 1.82) is 0 Å². The molecule has 0 aliphatic carbocycles. The molecule has 2 aromatic carbocycles. The van der Waals surface area contributed by atoms with Gasteiger partial charge in [0.2, 0.25) is 0 Å². The predicted molar refractivity (Wildman–Crippen MR) is 110 cm³/mol. The quantitative estimate of drug-likeness (QED) is 0.414. The van der Waals surface area contributed by atoms with Gasteiger partial charge in [0.1, 0.15) is 30.5 Å². The third-order valence-electron chi connectivity index (χ3n) is 3.87. The van der Waals surface area contributed by atoms with Crippen molar-refractivity contribution in [1.82, 2.24) is 0 Å². The van der Waals surface area contributed by atoms with Crippen molar-refractivity contribution < 1.29 is 24.1 Å². The lowest BCUT2D eigenvalue weighted by atomic mass is 10.1. The van der Waals surface area contributed by atoms with Crippen LogP contribution in [0.15, 0.2) is 66.0 Å². The number of hydrogen-bond donors (Lipinski definition) is 1. The van der Waals surface area contributed by atoms with E-state index in [0.29, 0.717) is 23.8 Å². The van der Waals surface area contributed by atoms with Crippen LogP contribution in [0, 0.1) is 0 Å². The van der Waals surface area contributed by atoms with Crippen molar-refractivity contribution in [3.8, 4) is 17.2 Å². The summed E-state index contributed by atoms with van der Waals surface area (Å²) in [6, 6.07) is 18.3. The zero-order valence-electron chi connectivity index (χ0n) is 15.3. The van der Waals surface area contributed by atoms with Crippen LogP contribution in [-0.2, 0) is 4.79 Å². The molecule has 0 spiro atoms. The second-order valence-corrected chi connectivity index (χ2v) is 6.73. The molecule has 0 bridgehead atoms. The molecule has 144 valence electrons. The first-order valence-electron chi connectivity index (χ1n) is 8.64. The molecule has 0 aliphatic rings. The molecule has 0 atom stereocenters. The van der Waals surface area contributed by atoms with E-state index in [1.54, 1.807) is 19.3 Å². The van der Waals surface area contributed by atoms with Gasteiger partial charge in [-0.1, -0.05) is 18.2 Å². The van der Waals surface area contributed by atoms with Crippen LogP contribution in [0.5, 0.6) is 17.2 Å². The number of benzene rings is 2. The number of thiophene rings is 1. The van der Waals surface area contributed by atoms with Crippen LogP contribution in [0.1, 0.15) is 10.4 Å². The maximum atomic E-state index is 11.6. The molecular weight excluding hydrogens is 376 g/mol. The molecule has 3 rings (SSSR count). The summed E-state index contributed by atoms with van der Waals surface area (Å²) in [5.41, 5.74) is 1.02. The molecule has 0 radical (unpaired) electrons. The molecule has 0 fully saturated rings. The van der Waals surface area contributed by atoms with Crippen LogP contribution in [0.3, 0.4) is 0 Å². The van der Waals surface area contributed by atoms with Crippen LogP contribution in [-0.4, -0.2) is 31.4 Å². The minimum absolute atomic E-state index is 0.259. The third-order valence-corrected chi connectivity index (χ3v) is 4.77. The summed E-state index contributed by atoms with van der Waals surface area (Å²) in [7, 11) is 1.62. The SMILES string of the molecule is COc1ccc(OCCOc2cccc(/C=C(/C(=O)O)c3cccs3)c2)cc1. The lowest BCUT2D eigenvalue weighted by Crippen LogP contribution is -2.09. The van der Waals surface area contributed by atoms with Crippen molar-refractivity contribution in [2.24, 2.45) is 0 Å². The smallest absolute Gasteiger partial charge is 0.337 e. The van der Waals surface area contributed by atoms with Crippen molar-refractivity contribution in [3.63, 3.8) is 0 Å². The first-order chi connectivity index (χ1) is 13.7. The Labute approximate surface area is 167 Å². The minimum Gasteiger partial charge on any atom is -0.497 e. The Balaban J connectivity index is 1.58. The number of aliphatic carboxylic acids is 1. The zero-order chi connectivity index (χ0) is 19.8. The van der Waals surface area contributed by atoms with E-state index in [1.165, 1.54) is 11.3 Å². The highest BCUT2D eigenvalue weighted by Crippen LogP contribution is 2.24. The molecule has 0 amide bonds. The Morgan fingerprint density at radius 2 is 1.68 bits per heavy atom. The third kappa shape index (κ3) is 5.37. The summed E-state index contributed by atoms with van der Waals surface area (Å²) in [5, 5.41) is 11.3. The van der Waals surface area contributed by atoms with E-state index < -0.39 is 5.97 Å². The molecule has 0 saturated carbocycles. The molecule has 1 heterocycles. The summed E-state index contributed by atoms with van der Waals surface area (Å²) in [6.07, 6.45) is 1.65. The first kappa shape index (κ1) is 19.5. The Bertz CT molecular complexity index is 930. The highest BCUT2D eigenvalue weighted by Gasteiger charge is 2.11. The van der Waals surface area contributed by atoms with Gasteiger partial charge in [-0.15, -0.1) is 11.3 Å². The number of carboxylic acids is 1. The van der Waals surface area contributed by atoms with Crippen LogP contribution >= 0.6 is 11.3 Å². The summed E-state index contributed by atoms with van der Waals surface area (Å²) >= 11 is 1.40. The molecule has 0 aliphatic heterocycles. The first-order valence-corrected chi connectivity index (χ1v) is 9.52. The van der Waals surface area contributed by atoms with E-state index in [9.17, 15) is 9.90 Å². The number of carboxylic acid groups (broad SMARTS) is 1. The van der Waals surface area contributed by atoms with Gasteiger partial charge in [0.05, 0.1) is 12.7 Å². The highest BCUT2D eigenvalue weighted by molar-refractivity contribution is 7.11. The van der Waals surface area contributed by atoms with Crippen molar-refractivity contribution in [2.75, 3.05) is 20.3 Å². The molecule has 1 N–H and O–H groups in total. The van der Waals surface area contributed by atoms with E-state index in [-0.39, 0.29) is 5.57 Å². The van der Waals surface area contributed by atoms with Gasteiger partial charge in [-0.25, -0.2) is 4.79 Å². The standard InChI is InChI=1S/C22H20O5S/c1-25-17-7-9-18(10-8-17)26-11-12-27-19-5-2-4-16(14-19)15-20(22(23)24)21-6-3-13-28-21/h2-10,13-15H,11-12H2,1H3,(H,23,24)/b20-15+. The average molecular weight is 396 g/mol. The fourth-order valence-corrected chi connectivity index (χ4v) is 3.26. The Morgan fingerprint density at radius 1 is 0.964 bits per heavy atom. The fraction of sp³-hybridized carbons (Fsp3) is 0.136. The Hall–Kier alpha value is -3.25.